The standard InChI is InChI=1S/C31H49N3O5/c1-6-8-9-10-14-20-34(29(37)26(22-35)33-30(38)39-31(3,4)5)27(24-17-15-16-23(7-2)21-24)28(36)32-25-18-12-11-13-19-25/h7,15-17,21,25-27,35H,2,6,8-14,18-20,22H2,1,3-5H3,(H,32,36)(H,33,38). The lowest BCUT2D eigenvalue weighted by atomic mass is 9.94. The Labute approximate surface area is 234 Å². The van der Waals surface area contributed by atoms with Crippen LogP contribution >= 0.6 is 0 Å². The molecule has 1 aromatic carbocycles. The van der Waals surface area contributed by atoms with Crippen molar-refractivity contribution in [3.63, 3.8) is 0 Å². The van der Waals surface area contributed by atoms with E-state index in [2.05, 4.69) is 24.1 Å². The zero-order valence-electron chi connectivity index (χ0n) is 24.3. The number of hydrogen-bond acceptors (Lipinski definition) is 5. The molecule has 0 saturated heterocycles. The van der Waals surface area contributed by atoms with Crippen LogP contribution in [0.1, 0.15) is 109 Å². The molecule has 39 heavy (non-hydrogen) atoms. The average molecular weight is 544 g/mol. The van der Waals surface area contributed by atoms with Crippen molar-refractivity contribution in [3.05, 3.63) is 42.0 Å². The molecule has 1 saturated carbocycles. The van der Waals surface area contributed by atoms with Gasteiger partial charge in [0.2, 0.25) is 11.8 Å². The minimum Gasteiger partial charge on any atom is -0.444 e. The van der Waals surface area contributed by atoms with Crippen molar-refractivity contribution < 1.29 is 24.2 Å². The Balaban J connectivity index is 2.42. The number of carbonyl (C=O) groups excluding carboxylic acids is 3. The largest absolute Gasteiger partial charge is 0.444 e. The molecule has 3 N–H and O–H groups in total. The summed E-state index contributed by atoms with van der Waals surface area (Å²) >= 11 is 0. The van der Waals surface area contributed by atoms with Crippen LogP contribution in [0.4, 0.5) is 4.79 Å². The van der Waals surface area contributed by atoms with E-state index >= 15 is 0 Å². The number of unbranched alkanes of at least 4 members (excludes halogenated alkanes) is 4. The Morgan fingerprint density at radius 3 is 2.44 bits per heavy atom. The average Bonchev–Trinajstić information content (AvgIpc) is 2.90. The summed E-state index contributed by atoms with van der Waals surface area (Å²) in [5.74, 6) is -0.773. The smallest absolute Gasteiger partial charge is 0.408 e. The van der Waals surface area contributed by atoms with Crippen LogP contribution in [-0.2, 0) is 14.3 Å². The van der Waals surface area contributed by atoms with Crippen LogP contribution in [0.15, 0.2) is 30.8 Å². The van der Waals surface area contributed by atoms with E-state index < -0.39 is 36.3 Å². The van der Waals surface area contributed by atoms with Crippen molar-refractivity contribution in [2.75, 3.05) is 13.2 Å². The van der Waals surface area contributed by atoms with Gasteiger partial charge < -0.3 is 25.4 Å². The molecule has 2 unspecified atom stereocenters. The Bertz CT molecular complexity index is 936. The van der Waals surface area contributed by atoms with Crippen molar-refractivity contribution in [3.8, 4) is 0 Å². The van der Waals surface area contributed by atoms with Gasteiger partial charge in [0.1, 0.15) is 17.7 Å². The zero-order valence-corrected chi connectivity index (χ0v) is 24.3. The van der Waals surface area contributed by atoms with E-state index in [-0.39, 0.29) is 11.9 Å². The molecule has 0 aliphatic heterocycles. The van der Waals surface area contributed by atoms with Crippen LogP contribution in [0.3, 0.4) is 0 Å². The topological polar surface area (TPSA) is 108 Å². The summed E-state index contributed by atoms with van der Waals surface area (Å²) in [5, 5.41) is 15.8. The molecule has 1 aliphatic carbocycles. The van der Waals surface area contributed by atoms with Crippen molar-refractivity contribution in [2.45, 2.75) is 116 Å². The maximum Gasteiger partial charge on any atom is 0.408 e. The lowest BCUT2D eigenvalue weighted by Gasteiger charge is -2.35. The first-order chi connectivity index (χ1) is 18.6. The van der Waals surface area contributed by atoms with Gasteiger partial charge in [-0.3, -0.25) is 9.59 Å². The molecule has 3 amide bonds. The summed E-state index contributed by atoms with van der Waals surface area (Å²) in [4.78, 5) is 41.9. The summed E-state index contributed by atoms with van der Waals surface area (Å²) in [5.41, 5.74) is 0.736. The van der Waals surface area contributed by atoms with Crippen molar-refractivity contribution in [1.82, 2.24) is 15.5 Å². The molecule has 8 heteroatoms. The summed E-state index contributed by atoms with van der Waals surface area (Å²) in [6.07, 6.45) is 10.8. The molecular formula is C31H49N3O5. The normalized spacial score (nSPS) is 15.6. The first kappa shape index (κ1) is 32.3. The maximum absolute atomic E-state index is 14.0. The Kier molecular flexibility index (Phi) is 13.5. The van der Waals surface area contributed by atoms with E-state index in [1.54, 1.807) is 26.8 Å². The second-order valence-electron chi connectivity index (χ2n) is 11.4. The molecule has 218 valence electrons. The molecule has 0 spiro atoms. The van der Waals surface area contributed by atoms with Crippen molar-refractivity contribution in [2.24, 2.45) is 0 Å². The molecule has 0 bridgehead atoms. The minimum absolute atomic E-state index is 0.0615. The summed E-state index contributed by atoms with van der Waals surface area (Å²) in [7, 11) is 0. The molecule has 0 aromatic heterocycles. The summed E-state index contributed by atoms with van der Waals surface area (Å²) in [6, 6.07) is 5.34. The summed E-state index contributed by atoms with van der Waals surface area (Å²) < 4.78 is 5.33. The minimum atomic E-state index is -1.25. The highest BCUT2D eigenvalue weighted by molar-refractivity contribution is 5.92. The Morgan fingerprint density at radius 1 is 1.13 bits per heavy atom. The van der Waals surface area contributed by atoms with E-state index in [1.165, 1.54) is 4.90 Å². The van der Waals surface area contributed by atoms with Crippen molar-refractivity contribution in [1.29, 1.82) is 0 Å². The summed E-state index contributed by atoms with van der Waals surface area (Å²) in [6.45, 7) is 10.9. The first-order valence-corrected chi connectivity index (χ1v) is 14.5. The fourth-order valence-electron chi connectivity index (χ4n) is 4.94. The second kappa shape index (κ2) is 16.3. The van der Waals surface area contributed by atoms with E-state index in [0.717, 1.165) is 63.4 Å². The number of amides is 3. The number of nitrogens with one attached hydrogen (secondary N) is 2. The van der Waals surface area contributed by atoms with Gasteiger partial charge in [0.05, 0.1) is 6.61 Å². The fourth-order valence-corrected chi connectivity index (χ4v) is 4.94. The zero-order chi connectivity index (χ0) is 28.8. The molecular weight excluding hydrogens is 494 g/mol. The van der Waals surface area contributed by atoms with E-state index in [9.17, 15) is 19.5 Å². The number of ether oxygens (including phenoxy) is 1. The van der Waals surface area contributed by atoms with Gasteiger partial charge in [-0.25, -0.2) is 4.79 Å². The highest BCUT2D eigenvalue weighted by atomic mass is 16.6. The number of carbonyl (C=O) groups is 3. The number of rotatable bonds is 14. The molecule has 1 fully saturated rings. The van der Waals surface area contributed by atoms with Crippen LogP contribution in [-0.4, -0.2) is 58.8 Å². The third-order valence-electron chi connectivity index (χ3n) is 6.93. The van der Waals surface area contributed by atoms with E-state index in [4.69, 9.17) is 4.74 Å². The Hall–Kier alpha value is -2.87. The molecule has 1 aliphatic rings. The van der Waals surface area contributed by atoms with Crippen LogP contribution in [0.2, 0.25) is 0 Å². The van der Waals surface area contributed by atoms with E-state index in [1.807, 2.05) is 24.3 Å². The van der Waals surface area contributed by atoms with Gasteiger partial charge in [-0.2, -0.15) is 0 Å². The van der Waals surface area contributed by atoms with Crippen LogP contribution in [0, 0.1) is 0 Å². The molecule has 8 nitrogen and oxygen atoms in total. The maximum atomic E-state index is 14.0. The monoisotopic (exact) mass is 543 g/mol. The highest BCUT2D eigenvalue weighted by Crippen LogP contribution is 2.26. The molecule has 1 aromatic rings. The third-order valence-corrected chi connectivity index (χ3v) is 6.93. The fraction of sp³-hybridized carbons (Fsp3) is 0.645. The van der Waals surface area contributed by atoms with Gasteiger partial charge in [0.15, 0.2) is 0 Å². The number of hydrogen-bond donors (Lipinski definition) is 3. The number of benzene rings is 1. The van der Waals surface area contributed by atoms with E-state index in [0.29, 0.717) is 18.5 Å². The highest BCUT2D eigenvalue weighted by Gasteiger charge is 2.36. The van der Waals surface area contributed by atoms with Gasteiger partial charge >= 0.3 is 6.09 Å². The second-order valence-corrected chi connectivity index (χ2v) is 11.4. The van der Waals surface area contributed by atoms with Crippen LogP contribution in [0.5, 0.6) is 0 Å². The lowest BCUT2D eigenvalue weighted by Crippen LogP contribution is -2.55. The number of aliphatic hydroxyl groups is 1. The molecule has 0 radical (unpaired) electrons. The van der Waals surface area contributed by atoms with Gasteiger partial charge in [-0.15, -0.1) is 0 Å². The quantitative estimate of drug-likeness (QED) is 0.268. The van der Waals surface area contributed by atoms with Crippen LogP contribution in [0.25, 0.3) is 6.08 Å². The number of aliphatic hydroxyl groups excluding tert-OH is 1. The molecule has 2 rings (SSSR count). The van der Waals surface area contributed by atoms with Gasteiger partial charge in [-0.1, -0.05) is 82.7 Å². The van der Waals surface area contributed by atoms with Gasteiger partial charge in [0.25, 0.3) is 0 Å². The molecule has 0 heterocycles. The van der Waals surface area contributed by atoms with Gasteiger partial charge in [0, 0.05) is 12.6 Å². The Morgan fingerprint density at radius 2 is 1.82 bits per heavy atom. The van der Waals surface area contributed by atoms with Gasteiger partial charge in [-0.05, 0) is 57.2 Å². The van der Waals surface area contributed by atoms with Crippen LogP contribution < -0.4 is 10.6 Å². The predicted octanol–water partition coefficient (Wildman–Crippen LogP) is 5.50. The number of alkyl carbamates (subject to hydrolysis) is 1. The van der Waals surface area contributed by atoms with Crippen molar-refractivity contribution >= 4 is 24.0 Å². The lowest BCUT2D eigenvalue weighted by molar-refractivity contribution is -0.143. The molecule has 2 atom stereocenters. The predicted molar refractivity (Wildman–Crippen MR) is 155 cm³/mol. The number of nitrogens with zero attached hydrogens (tertiary/aromatic N) is 1. The SMILES string of the molecule is C=Cc1cccc(C(C(=O)NC2CCCCC2)N(CCCCCCC)C(=O)C(CO)NC(=O)OC(C)(C)C)c1. The first-order valence-electron chi connectivity index (χ1n) is 14.5. The third kappa shape index (κ3) is 11.0.